The third kappa shape index (κ3) is 3.14. The number of hydrogen-bond acceptors (Lipinski definition) is 7. The first-order chi connectivity index (χ1) is 8.97. The van der Waals surface area contributed by atoms with Crippen molar-refractivity contribution in [3.05, 3.63) is 16.7 Å². The number of nitrogens with zero attached hydrogens (tertiary/aromatic N) is 3. The van der Waals surface area contributed by atoms with Crippen LogP contribution in [0.1, 0.15) is 6.92 Å². The standard InChI is InChI=1S/C9H12N5O4P/c1-5(18-4-19(16)17)2-14-3-11-6-7(14)12-9(10)13-8(6)15/h3,5H,2,4H2,1H3,(H3,10,12,13,15). The van der Waals surface area contributed by atoms with E-state index in [1.54, 1.807) is 11.5 Å². The molecule has 3 N–H and O–H groups in total. The summed E-state index contributed by atoms with van der Waals surface area (Å²) in [6, 6.07) is 0. The van der Waals surface area contributed by atoms with Crippen molar-refractivity contribution < 1.29 is 14.2 Å². The van der Waals surface area contributed by atoms with Crippen molar-refractivity contribution in [1.29, 1.82) is 0 Å². The van der Waals surface area contributed by atoms with Crippen molar-refractivity contribution in [2.75, 3.05) is 12.1 Å². The van der Waals surface area contributed by atoms with Gasteiger partial charge >= 0.3 is 8.03 Å². The van der Waals surface area contributed by atoms with Crippen molar-refractivity contribution in [3.63, 3.8) is 0 Å². The molecule has 0 amide bonds. The molecule has 0 bridgehead atoms. The molecule has 0 aromatic carbocycles. The van der Waals surface area contributed by atoms with Gasteiger partial charge in [-0.1, -0.05) is 4.57 Å². The van der Waals surface area contributed by atoms with Gasteiger partial charge in [0.05, 0.1) is 19.0 Å². The topological polar surface area (TPSA) is 139 Å². The number of aromatic amines is 1. The smallest absolute Gasteiger partial charge is 0.337 e. The molecule has 0 saturated carbocycles. The summed E-state index contributed by atoms with van der Waals surface area (Å²) >= 11 is 0. The van der Waals surface area contributed by atoms with Crippen molar-refractivity contribution in [2.24, 2.45) is 0 Å². The van der Waals surface area contributed by atoms with Crippen LogP contribution >= 0.6 is 8.03 Å². The predicted molar refractivity (Wildman–Crippen MR) is 65.6 cm³/mol. The van der Waals surface area contributed by atoms with E-state index in [1.165, 1.54) is 6.33 Å². The molecule has 102 valence electrons. The molecule has 19 heavy (non-hydrogen) atoms. The van der Waals surface area contributed by atoms with Gasteiger partial charge in [-0.15, -0.1) is 0 Å². The van der Waals surface area contributed by atoms with E-state index in [9.17, 15) is 14.3 Å². The van der Waals surface area contributed by atoms with Gasteiger partial charge in [0, 0.05) is 0 Å². The Morgan fingerprint density at radius 3 is 3.11 bits per heavy atom. The number of fused-ring (bicyclic) bond motifs is 1. The monoisotopic (exact) mass is 285 g/mol. The van der Waals surface area contributed by atoms with E-state index < -0.39 is 13.6 Å². The maximum atomic E-state index is 11.6. The van der Waals surface area contributed by atoms with Gasteiger partial charge in [0.15, 0.2) is 11.2 Å². The minimum absolute atomic E-state index is 0.00420. The zero-order valence-electron chi connectivity index (χ0n) is 10.1. The summed E-state index contributed by atoms with van der Waals surface area (Å²) in [7, 11) is -2.58. The molecule has 0 radical (unpaired) electrons. The molecule has 2 rings (SSSR count). The first kappa shape index (κ1) is 13.6. The number of anilines is 1. The number of imidazole rings is 1. The number of H-pyrrole nitrogens is 1. The van der Waals surface area contributed by atoms with Gasteiger partial charge in [0.1, 0.15) is 0 Å². The van der Waals surface area contributed by atoms with Crippen LogP contribution in [0.5, 0.6) is 0 Å². The summed E-state index contributed by atoms with van der Waals surface area (Å²) < 4.78 is 17.1. The van der Waals surface area contributed by atoms with Crippen LogP contribution < -0.4 is 16.2 Å². The second-order valence-corrected chi connectivity index (χ2v) is 4.88. The highest BCUT2D eigenvalue weighted by atomic mass is 31.1. The van der Waals surface area contributed by atoms with E-state index in [4.69, 9.17) is 10.5 Å². The fourth-order valence-electron chi connectivity index (χ4n) is 1.62. The van der Waals surface area contributed by atoms with Crippen LogP contribution in [-0.2, 0) is 15.8 Å². The Kier molecular flexibility index (Phi) is 3.89. The largest absolute Gasteiger partial charge is 0.594 e. The molecule has 9 nitrogen and oxygen atoms in total. The minimum atomic E-state index is -2.58. The van der Waals surface area contributed by atoms with Crippen LogP contribution in [0.25, 0.3) is 11.2 Å². The number of aromatic nitrogens is 4. The summed E-state index contributed by atoms with van der Waals surface area (Å²) in [5.74, 6) is -0.00420. The number of nitrogen functional groups attached to an aromatic ring is 1. The lowest BCUT2D eigenvalue weighted by Crippen LogP contribution is -2.18. The van der Waals surface area contributed by atoms with Gasteiger partial charge in [-0.25, -0.2) is 4.98 Å². The SMILES string of the molecule is CC(Cn1cnc2c(=O)[nH]c(N)nc21)OC[P+](=O)[O-]. The lowest BCUT2D eigenvalue weighted by Gasteiger charge is -2.11. The third-order valence-corrected chi connectivity index (χ3v) is 2.77. The molecule has 0 aliphatic rings. The summed E-state index contributed by atoms with van der Waals surface area (Å²) in [6.07, 6.45) is 0.718. The molecule has 0 saturated heterocycles. The maximum Gasteiger partial charge on any atom is 0.337 e. The molecule has 2 unspecified atom stereocenters. The molecular formula is C9H12N5O4P. The Morgan fingerprint density at radius 1 is 1.68 bits per heavy atom. The number of nitrogens with two attached hydrogens (primary N) is 1. The van der Waals surface area contributed by atoms with E-state index in [0.29, 0.717) is 12.2 Å². The number of hydrogen-bond donors (Lipinski definition) is 2. The molecule has 2 heterocycles. The minimum Gasteiger partial charge on any atom is -0.594 e. The van der Waals surface area contributed by atoms with Gasteiger partial charge in [-0.05, 0) is 6.92 Å². The fraction of sp³-hybridized carbons (Fsp3) is 0.444. The molecule has 0 aliphatic carbocycles. The summed E-state index contributed by atoms with van der Waals surface area (Å²) in [6.45, 7) is 2.02. The van der Waals surface area contributed by atoms with Crippen LogP contribution in [0.15, 0.2) is 11.1 Å². The Labute approximate surface area is 108 Å². The van der Waals surface area contributed by atoms with Crippen LogP contribution in [0.2, 0.25) is 0 Å². The average molecular weight is 285 g/mol. The van der Waals surface area contributed by atoms with Gasteiger partial charge in [0.2, 0.25) is 12.3 Å². The molecule has 0 aliphatic heterocycles. The van der Waals surface area contributed by atoms with E-state index in [2.05, 4.69) is 15.0 Å². The highest BCUT2D eigenvalue weighted by molar-refractivity contribution is 7.36. The first-order valence-electron chi connectivity index (χ1n) is 5.41. The molecule has 2 aromatic heterocycles. The molecule has 2 atom stereocenters. The highest BCUT2D eigenvalue weighted by Gasteiger charge is 2.13. The summed E-state index contributed by atoms with van der Waals surface area (Å²) in [4.78, 5) is 32.2. The Balaban J connectivity index is 2.21. The van der Waals surface area contributed by atoms with Gasteiger partial charge < -0.3 is 19.9 Å². The molecule has 0 spiro atoms. The van der Waals surface area contributed by atoms with Crippen LogP contribution in [0.3, 0.4) is 0 Å². The molecule has 0 fully saturated rings. The van der Waals surface area contributed by atoms with Crippen molar-refractivity contribution in [3.8, 4) is 0 Å². The number of rotatable bonds is 5. The first-order valence-corrected chi connectivity index (χ1v) is 6.77. The van der Waals surface area contributed by atoms with Gasteiger partial charge in [-0.3, -0.25) is 9.78 Å². The lowest BCUT2D eigenvalue weighted by molar-refractivity contribution is -0.169. The predicted octanol–water partition coefficient (Wildman–Crippen LogP) is -0.833. The molecule has 2 aromatic rings. The Hall–Kier alpha value is -1.83. The average Bonchev–Trinajstić information content (AvgIpc) is 2.70. The van der Waals surface area contributed by atoms with Crippen LogP contribution in [0.4, 0.5) is 5.95 Å². The maximum absolute atomic E-state index is 11.6. The summed E-state index contributed by atoms with van der Waals surface area (Å²) in [5, 5.41) is 0. The van der Waals surface area contributed by atoms with Gasteiger partial charge in [0.25, 0.3) is 5.56 Å². The quantitative estimate of drug-likeness (QED) is 0.683. The lowest BCUT2D eigenvalue weighted by atomic mass is 10.4. The van der Waals surface area contributed by atoms with Crippen molar-refractivity contribution in [1.82, 2.24) is 19.5 Å². The van der Waals surface area contributed by atoms with E-state index in [-0.39, 0.29) is 23.9 Å². The highest BCUT2D eigenvalue weighted by Crippen LogP contribution is 2.12. The second-order valence-electron chi connectivity index (χ2n) is 3.96. The number of nitrogens with one attached hydrogen (secondary N) is 1. The normalized spacial score (nSPS) is 13.7. The molecule has 10 heteroatoms. The third-order valence-electron chi connectivity index (χ3n) is 2.41. The van der Waals surface area contributed by atoms with E-state index >= 15 is 0 Å². The van der Waals surface area contributed by atoms with Crippen LogP contribution in [-0.4, -0.2) is 32.0 Å². The Bertz CT molecular complexity index is 666. The van der Waals surface area contributed by atoms with Gasteiger partial charge in [-0.2, -0.15) is 4.98 Å². The van der Waals surface area contributed by atoms with E-state index in [0.717, 1.165) is 0 Å². The summed E-state index contributed by atoms with van der Waals surface area (Å²) in [5.41, 5.74) is 5.56. The van der Waals surface area contributed by atoms with Crippen molar-refractivity contribution in [2.45, 2.75) is 19.6 Å². The number of ether oxygens (including phenoxy) is 1. The van der Waals surface area contributed by atoms with Crippen LogP contribution in [0, 0.1) is 0 Å². The Morgan fingerprint density at radius 2 is 2.42 bits per heavy atom. The second kappa shape index (κ2) is 5.43. The van der Waals surface area contributed by atoms with E-state index in [1.807, 2.05) is 0 Å². The van der Waals surface area contributed by atoms with Crippen molar-refractivity contribution >= 4 is 25.1 Å². The zero-order chi connectivity index (χ0) is 14.0. The molecular weight excluding hydrogens is 273 g/mol. The zero-order valence-corrected chi connectivity index (χ0v) is 11.0. The fourth-order valence-corrected chi connectivity index (χ4v) is 2.00.